The summed E-state index contributed by atoms with van der Waals surface area (Å²) in [6.07, 6.45) is 0. The summed E-state index contributed by atoms with van der Waals surface area (Å²) >= 11 is 0. The Morgan fingerprint density at radius 1 is 0.458 bits per heavy atom. The quantitative estimate of drug-likeness (QED) is 0.147. The van der Waals surface area contributed by atoms with E-state index in [0.29, 0.717) is 16.4 Å². The third kappa shape index (κ3) is 6.37. The van der Waals surface area contributed by atoms with Crippen molar-refractivity contribution in [2.24, 2.45) is 0 Å². The fourth-order valence-corrected chi connectivity index (χ4v) is 12.6. The first-order valence-corrected chi connectivity index (χ1v) is 21.0. The van der Waals surface area contributed by atoms with Gasteiger partial charge in [0.1, 0.15) is 0 Å². The van der Waals surface area contributed by atoms with Crippen molar-refractivity contribution in [3.63, 3.8) is 0 Å². The molecule has 0 saturated heterocycles. The van der Waals surface area contributed by atoms with Crippen molar-refractivity contribution in [1.29, 1.82) is 0 Å². The summed E-state index contributed by atoms with van der Waals surface area (Å²) < 4.78 is 0. The minimum Gasteiger partial charge on any atom is -0.478 e. The smallest absolute Gasteiger partial charge is 0.335 e. The molecule has 0 radical (unpaired) electrons. The number of carbonyl (C=O) groups is 4. The molecule has 0 amide bonds. The summed E-state index contributed by atoms with van der Waals surface area (Å²) in [4.78, 5) is 52.3. The van der Waals surface area contributed by atoms with Crippen LogP contribution >= 0.6 is 64.8 Å². The van der Waals surface area contributed by atoms with Gasteiger partial charge in [0.25, 0.3) is 0 Å². The van der Waals surface area contributed by atoms with Crippen LogP contribution in [0.3, 0.4) is 0 Å². The minimum absolute atomic E-state index is 0.127. The van der Waals surface area contributed by atoms with Gasteiger partial charge in [0.05, 0.1) is 22.3 Å². The van der Waals surface area contributed by atoms with E-state index in [1.54, 1.807) is 24.3 Å². The summed E-state index contributed by atoms with van der Waals surface area (Å²) in [5.41, 5.74) is 4.76. The molecule has 4 N–H and O–H groups in total. The van der Waals surface area contributed by atoms with Crippen molar-refractivity contribution in [3.8, 4) is 0 Å². The Balaban J connectivity index is 1.34. The van der Waals surface area contributed by atoms with Gasteiger partial charge in [-0.3, -0.25) is 0 Å². The van der Waals surface area contributed by atoms with Crippen molar-refractivity contribution >= 4 is 88.6 Å². The summed E-state index contributed by atoms with van der Waals surface area (Å²) in [6.45, 7) is 0. The monoisotopic (exact) mass is 750 g/mol. The second-order valence-electron chi connectivity index (χ2n) is 11.1. The van der Waals surface area contributed by atoms with Crippen molar-refractivity contribution in [2.45, 2.75) is 42.9 Å². The van der Waals surface area contributed by atoms with E-state index in [-0.39, 0.29) is 22.3 Å². The van der Waals surface area contributed by atoms with E-state index in [4.69, 9.17) is 0 Å². The van der Waals surface area contributed by atoms with Crippen LogP contribution in [0, 0.1) is 0 Å². The van der Waals surface area contributed by atoms with Gasteiger partial charge in [-0.1, -0.05) is 83.0 Å². The number of rotatable bonds is 4. The van der Waals surface area contributed by atoms with Gasteiger partial charge < -0.3 is 20.4 Å². The van der Waals surface area contributed by atoms with Gasteiger partial charge in [0, 0.05) is 42.9 Å². The van der Waals surface area contributed by atoms with E-state index in [9.17, 15) is 39.6 Å². The van der Waals surface area contributed by atoms with Crippen molar-refractivity contribution < 1.29 is 39.6 Å². The van der Waals surface area contributed by atoms with Crippen LogP contribution in [0.25, 0.3) is 0 Å². The highest BCUT2D eigenvalue weighted by molar-refractivity contribution is 8.77. The third-order valence-corrected chi connectivity index (χ3v) is 15.1. The maximum absolute atomic E-state index is 12.6. The zero-order chi connectivity index (χ0) is 33.7. The lowest BCUT2D eigenvalue weighted by molar-refractivity contribution is -0.136. The second kappa shape index (κ2) is 13.5. The molecule has 3 heterocycles. The molecule has 48 heavy (non-hydrogen) atoms. The molecular weight excluding hydrogens is 729 g/mol. The minimum atomic E-state index is -1.27. The van der Waals surface area contributed by atoms with Crippen LogP contribution in [-0.4, -0.2) is 44.3 Å². The standard InChI is InChI=1S/C34H22O8S6/c35-31(36)17-6-15-5-16(7-17)14-44-46-21-8-18(32(37)38)9-22(10-21)48-47-20-2-4-24-26(12-20)28-23-3-1-19(45-43-13-15)11-25(23)27(24)29(33(39)40)30(28)34(41)42/h1-12,27-28H,13-14H2,(H,35,36)(H,37,38)(H,39,40)(H,41,42)/t27-,28-/m1/s1. The molecule has 8 nitrogen and oxygen atoms in total. The van der Waals surface area contributed by atoms with E-state index in [2.05, 4.69) is 0 Å². The Hall–Kier alpha value is -3.40. The van der Waals surface area contributed by atoms with Crippen LogP contribution in [0.15, 0.2) is 104 Å². The molecule has 10 rings (SSSR count). The van der Waals surface area contributed by atoms with Gasteiger partial charge >= 0.3 is 23.9 Å². The summed E-state index contributed by atoms with van der Waals surface area (Å²) in [5, 5.41) is 40.2. The van der Waals surface area contributed by atoms with E-state index < -0.39 is 35.7 Å². The number of carboxylic acid groups (broad SMARTS) is 4. The highest BCUT2D eigenvalue weighted by Crippen LogP contribution is 2.57. The summed E-state index contributed by atoms with van der Waals surface area (Å²) in [5.74, 6) is -5.14. The van der Waals surface area contributed by atoms with Crippen molar-refractivity contribution in [2.75, 3.05) is 0 Å². The predicted octanol–water partition coefficient (Wildman–Crippen LogP) is 9.13. The fraction of sp³-hybridized carbons (Fsp3) is 0.118. The molecule has 0 fully saturated rings. The largest absolute Gasteiger partial charge is 0.478 e. The van der Waals surface area contributed by atoms with Gasteiger partial charge in [-0.15, -0.1) is 0 Å². The Kier molecular flexibility index (Phi) is 9.30. The molecule has 3 aliphatic carbocycles. The van der Waals surface area contributed by atoms with Crippen molar-refractivity contribution in [1.82, 2.24) is 0 Å². The maximum atomic E-state index is 12.6. The molecule has 4 aromatic rings. The number of fused-ring (bicyclic) bond motifs is 2. The Morgan fingerprint density at radius 2 is 0.896 bits per heavy atom. The lowest BCUT2D eigenvalue weighted by Crippen LogP contribution is -2.34. The first-order chi connectivity index (χ1) is 23.1. The van der Waals surface area contributed by atoms with Gasteiger partial charge in [-0.2, -0.15) is 0 Å². The Bertz CT molecular complexity index is 2090. The fourth-order valence-electron chi connectivity index (χ4n) is 6.25. The van der Waals surface area contributed by atoms with Crippen LogP contribution in [0.2, 0.25) is 0 Å². The van der Waals surface area contributed by atoms with Gasteiger partial charge in [0.2, 0.25) is 0 Å². The molecule has 0 aromatic heterocycles. The second-order valence-corrected chi connectivity index (χ2v) is 18.1. The van der Waals surface area contributed by atoms with Crippen LogP contribution in [0.5, 0.6) is 0 Å². The first kappa shape index (κ1) is 33.1. The molecule has 0 saturated carbocycles. The number of hydrogen-bond acceptors (Lipinski definition) is 10. The molecule has 242 valence electrons. The Morgan fingerprint density at radius 3 is 1.40 bits per heavy atom. The summed E-state index contributed by atoms with van der Waals surface area (Å²) in [6, 6.07) is 21.8. The van der Waals surface area contributed by atoms with Crippen LogP contribution < -0.4 is 0 Å². The lowest BCUT2D eigenvalue weighted by Gasteiger charge is -2.41. The average molecular weight is 751 g/mol. The predicted molar refractivity (Wildman–Crippen MR) is 192 cm³/mol. The van der Waals surface area contributed by atoms with E-state index >= 15 is 0 Å². The highest BCUT2D eigenvalue weighted by atomic mass is 33.1. The zero-order valence-electron chi connectivity index (χ0n) is 24.4. The Labute approximate surface area is 297 Å². The molecule has 4 aromatic carbocycles. The molecule has 0 unspecified atom stereocenters. The van der Waals surface area contributed by atoms with Gasteiger partial charge in [-0.05, 0) is 88.0 Å². The van der Waals surface area contributed by atoms with Crippen LogP contribution in [0.4, 0.5) is 0 Å². The third-order valence-electron chi connectivity index (χ3n) is 8.11. The van der Waals surface area contributed by atoms with E-state index in [1.807, 2.05) is 48.5 Å². The van der Waals surface area contributed by atoms with Crippen LogP contribution in [0.1, 0.15) is 65.9 Å². The molecular formula is C34H22O8S6. The topological polar surface area (TPSA) is 149 Å². The number of aliphatic carboxylic acids is 2. The van der Waals surface area contributed by atoms with Crippen molar-refractivity contribution in [3.05, 3.63) is 128 Å². The van der Waals surface area contributed by atoms with Gasteiger partial charge in [-0.25, -0.2) is 19.2 Å². The van der Waals surface area contributed by atoms with Gasteiger partial charge in [0.15, 0.2) is 0 Å². The lowest BCUT2D eigenvalue weighted by atomic mass is 9.61. The highest BCUT2D eigenvalue weighted by Gasteiger charge is 2.48. The average Bonchev–Trinajstić information content (AvgIpc) is 3.06. The molecule has 6 aliphatic rings. The molecule has 3 aliphatic heterocycles. The SMILES string of the molecule is O=C(O)C1=C(C(=O)O)[C@@H]2c3ccc4cc3[C@H]1c1ccc(cc12)SSc1cc(cc(C(=O)O)c1)SSCc1cc(cc(C(=O)O)c1)CSS4. The maximum Gasteiger partial charge on any atom is 0.335 e. The first-order valence-electron chi connectivity index (χ1n) is 14.2. The number of hydrogen-bond donors (Lipinski definition) is 4. The summed E-state index contributed by atoms with van der Waals surface area (Å²) in [7, 11) is 8.70. The number of aromatic carboxylic acids is 2. The molecule has 0 spiro atoms. The normalized spacial score (nSPS) is 18.3. The molecule has 12 bridgehead atoms. The molecule has 2 atom stereocenters. The van der Waals surface area contributed by atoms with E-state index in [1.165, 1.54) is 64.8 Å². The van der Waals surface area contributed by atoms with E-state index in [0.717, 1.165) is 48.1 Å². The van der Waals surface area contributed by atoms with Crippen LogP contribution in [-0.2, 0) is 21.1 Å². The number of benzene rings is 4. The zero-order valence-corrected chi connectivity index (χ0v) is 29.3. The molecule has 14 heteroatoms. The number of carboxylic acids is 4.